The largest absolute Gasteiger partial charge is 0.459 e. The van der Waals surface area contributed by atoms with Crippen LogP contribution in [-0.2, 0) is 4.79 Å². The molecular formula is C21H15N3O7. The Hall–Kier alpha value is -4.73. The molecule has 10 nitrogen and oxygen atoms in total. The van der Waals surface area contributed by atoms with Gasteiger partial charge in [0, 0.05) is 23.8 Å². The molecule has 0 aliphatic carbocycles. The maximum absolute atomic E-state index is 12.3. The summed E-state index contributed by atoms with van der Waals surface area (Å²) in [6.45, 7) is 0. The summed E-state index contributed by atoms with van der Waals surface area (Å²) in [4.78, 5) is 46.1. The van der Waals surface area contributed by atoms with Gasteiger partial charge in [0.15, 0.2) is 5.76 Å². The Balaban J connectivity index is 1.62. The standard InChI is InChI=1S/C21H15N3O7/c25-19(22-23-20(26)18-6-3-13-30-18)12-9-14-4-1-2-5-17(14)31-21(27)15-7-10-16(11-8-15)24(28)29/h1-13H,(H,22,25)(H,23,26)/b12-9+. The van der Waals surface area contributed by atoms with Gasteiger partial charge in [-0.05, 0) is 36.4 Å². The van der Waals surface area contributed by atoms with E-state index in [1.54, 1.807) is 18.2 Å². The van der Waals surface area contributed by atoms with Crippen LogP contribution in [-0.4, -0.2) is 22.7 Å². The van der Waals surface area contributed by atoms with Crippen molar-refractivity contribution in [3.05, 3.63) is 100 Å². The highest BCUT2D eigenvalue weighted by Crippen LogP contribution is 2.21. The predicted molar refractivity (Wildman–Crippen MR) is 108 cm³/mol. The summed E-state index contributed by atoms with van der Waals surface area (Å²) >= 11 is 0. The SMILES string of the molecule is O=C(/C=C/c1ccccc1OC(=O)c1ccc([N+](=O)[O-])cc1)NNC(=O)c1ccco1. The van der Waals surface area contributed by atoms with Gasteiger partial charge in [-0.15, -0.1) is 0 Å². The molecule has 0 aliphatic rings. The number of amides is 2. The maximum Gasteiger partial charge on any atom is 0.343 e. The number of carbonyl (C=O) groups excluding carboxylic acids is 3. The number of nitrogens with one attached hydrogen (secondary N) is 2. The molecule has 2 amide bonds. The van der Waals surface area contributed by atoms with Crippen molar-refractivity contribution in [1.82, 2.24) is 10.9 Å². The van der Waals surface area contributed by atoms with Crippen LogP contribution in [0.4, 0.5) is 5.69 Å². The Morgan fingerprint density at radius 3 is 2.39 bits per heavy atom. The lowest BCUT2D eigenvalue weighted by atomic mass is 10.1. The van der Waals surface area contributed by atoms with Crippen molar-refractivity contribution in [1.29, 1.82) is 0 Å². The van der Waals surface area contributed by atoms with E-state index in [2.05, 4.69) is 10.9 Å². The van der Waals surface area contributed by atoms with Gasteiger partial charge < -0.3 is 9.15 Å². The molecule has 1 heterocycles. The fourth-order valence-corrected chi connectivity index (χ4v) is 2.38. The fourth-order valence-electron chi connectivity index (χ4n) is 2.38. The summed E-state index contributed by atoms with van der Waals surface area (Å²) in [5.74, 6) is -1.76. The zero-order valence-electron chi connectivity index (χ0n) is 15.8. The highest BCUT2D eigenvalue weighted by Gasteiger charge is 2.13. The average Bonchev–Trinajstić information content (AvgIpc) is 3.32. The van der Waals surface area contributed by atoms with Crippen LogP contribution >= 0.6 is 0 Å². The number of nitro groups is 1. The Labute approximate surface area is 175 Å². The number of esters is 1. The number of hydrogen-bond donors (Lipinski definition) is 2. The minimum atomic E-state index is -0.717. The number of nitro benzene ring substituents is 1. The van der Waals surface area contributed by atoms with Crippen molar-refractivity contribution in [3.8, 4) is 5.75 Å². The predicted octanol–water partition coefficient (Wildman–Crippen LogP) is 2.88. The molecule has 0 bridgehead atoms. The molecule has 0 fully saturated rings. The van der Waals surface area contributed by atoms with Crippen LogP contribution in [0.2, 0.25) is 0 Å². The molecule has 156 valence electrons. The first-order valence-electron chi connectivity index (χ1n) is 8.81. The Bertz CT molecular complexity index is 1140. The van der Waals surface area contributed by atoms with E-state index in [0.29, 0.717) is 5.56 Å². The van der Waals surface area contributed by atoms with Crippen LogP contribution in [0.1, 0.15) is 26.5 Å². The molecule has 0 aliphatic heterocycles. The van der Waals surface area contributed by atoms with E-state index < -0.39 is 22.7 Å². The highest BCUT2D eigenvalue weighted by molar-refractivity contribution is 5.97. The van der Waals surface area contributed by atoms with Gasteiger partial charge >= 0.3 is 11.9 Å². The molecule has 2 aromatic carbocycles. The highest BCUT2D eigenvalue weighted by atomic mass is 16.6. The van der Waals surface area contributed by atoms with Gasteiger partial charge in [0.2, 0.25) is 0 Å². The van der Waals surface area contributed by atoms with E-state index in [1.807, 2.05) is 0 Å². The number of ether oxygens (including phenoxy) is 1. The molecule has 10 heteroatoms. The van der Waals surface area contributed by atoms with Crippen LogP contribution in [0.3, 0.4) is 0 Å². The molecule has 0 unspecified atom stereocenters. The third kappa shape index (κ3) is 5.64. The number of nitrogens with zero attached hydrogens (tertiary/aromatic N) is 1. The van der Waals surface area contributed by atoms with Gasteiger partial charge in [0.25, 0.3) is 11.6 Å². The van der Waals surface area contributed by atoms with Crippen molar-refractivity contribution in [2.75, 3.05) is 0 Å². The maximum atomic E-state index is 12.3. The molecule has 3 rings (SSSR count). The van der Waals surface area contributed by atoms with E-state index >= 15 is 0 Å². The minimum absolute atomic E-state index is 0.0350. The quantitative estimate of drug-likeness (QED) is 0.205. The van der Waals surface area contributed by atoms with Crippen molar-refractivity contribution in [2.45, 2.75) is 0 Å². The number of para-hydroxylation sites is 1. The molecule has 0 atom stereocenters. The molecule has 3 aromatic rings. The van der Waals surface area contributed by atoms with Gasteiger partial charge in [-0.2, -0.15) is 0 Å². The summed E-state index contributed by atoms with van der Waals surface area (Å²) in [7, 11) is 0. The second-order valence-corrected chi connectivity index (χ2v) is 5.99. The smallest absolute Gasteiger partial charge is 0.343 e. The van der Waals surface area contributed by atoms with Gasteiger partial charge in [0.1, 0.15) is 5.75 Å². The Kier molecular flexibility index (Phi) is 6.54. The molecule has 2 N–H and O–H groups in total. The topological polar surface area (TPSA) is 141 Å². The van der Waals surface area contributed by atoms with Crippen molar-refractivity contribution in [3.63, 3.8) is 0 Å². The molecule has 1 aromatic heterocycles. The lowest BCUT2D eigenvalue weighted by Gasteiger charge is -2.07. The molecule has 0 radical (unpaired) electrons. The Morgan fingerprint density at radius 1 is 0.968 bits per heavy atom. The van der Waals surface area contributed by atoms with Crippen LogP contribution in [0.5, 0.6) is 5.75 Å². The normalized spacial score (nSPS) is 10.5. The summed E-state index contributed by atoms with van der Waals surface area (Å²) < 4.78 is 10.2. The zero-order chi connectivity index (χ0) is 22.2. The number of hydrogen-bond acceptors (Lipinski definition) is 7. The van der Waals surface area contributed by atoms with E-state index in [0.717, 1.165) is 6.08 Å². The first-order valence-corrected chi connectivity index (χ1v) is 8.81. The summed E-state index contributed by atoms with van der Waals surface area (Å²) in [5, 5.41) is 10.7. The summed E-state index contributed by atoms with van der Waals surface area (Å²) in [5.41, 5.74) is 4.78. The fraction of sp³-hybridized carbons (Fsp3) is 0. The third-order valence-corrected chi connectivity index (χ3v) is 3.89. The molecule has 0 spiro atoms. The second kappa shape index (κ2) is 9.65. The van der Waals surface area contributed by atoms with E-state index in [1.165, 1.54) is 54.8 Å². The monoisotopic (exact) mass is 421 g/mol. The van der Waals surface area contributed by atoms with E-state index in [4.69, 9.17) is 9.15 Å². The Morgan fingerprint density at radius 2 is 1.71 bits per heavy atom. The van der Waals surface area contributed by atoms with Crippen LogP contribution in [0.15, 0.2) is 77.4 Å². The molecule has 0 saturated heterocycles. The van der Waals surface area contributed by atoms with Crippen molar-refractivity contribution in [2.24, 2.45) is 0 Å². The van der Waals surface area contributed by atoms with Crippen molar-refractivity contribution < 1.29 is 28.5 Å². The third-order valence-electron chi connectivity index (χ3n) is 3.89. The van der Waals surface area contributed by atoms with Gasteiger partial charge in [0.05, 0.1) is 16.7 Å². The lowest BCUT2D eigenvalue weighted by Crippen LogP contribution is -2.40. The van der Waals surface area contributed by atoms with Crippen LogP contribution in [0.25, 0.3) is 6.08 Å². The summed E-state index contributed by atoms with van der Waals surface area (Å²) in [6.07, 6.45) is 3.86. The molecular weight excluding hydrogens is 406 g/mol. The van der Waals surface area contributed by atoms with E-state index in [-0.39, 0.29) is 22.8 Å². The van der Waals surface area contributed by atoms with Gasteiger partial charge in [-0.1, -0.05) is 18.2 Å². The minimum Gasteiger partial charge on any atom is -0.459 e. The number of carbonyl (C=O) groups is 3. The summed E-state index contributed by atoms with van der Waals surface area (Å²) in [6, 6.07) is 14.4. The zero-order valence-corrected chi connectivity index (χ0v) is 15.8. The van der Waals surface area contributed by atoms with E-state index in [9.17, 15) is 24.5 Å². The lowest BCUT2D eigenvalue weighted by molar-refractivity contribution is -0.384. The second-order valence-electron chi connectivity index (χ2n) is 5.99. The number of furan rings is 1. The first kappa shape index (κ1) is 21.0. The number of hydrazine groups is 1. The van der Waals surface area contributed by atoms with Gasteiger partial charge in [-0.3, -0.25) is 30.6 Å². The van der Waals surface area contributed by atoms with Gasteiger partial charge in [-0.25, -0.2) is 4.79 Å². The van der Waals surface area contributed by atoms with Crippen LogP contribution in [0, 0.1) is 10.1 Å². The van der Waals surface area contributed by atoms with Crippen molar-refractivity contribution >= 4 is 29.5 Å². The molecule has 0 saturated carbocycles. The number of non-ortho nitro benzene ring substituents is 1. The molecule has 31 heavy (non-hydrogen) atoms. The first-order chi connectivity index (χ1) is 14.9. The van der Waals surface area contributed by atoms with Crippen LogP contribution < -0.4 is 15.6 Å². The average molecular weight is 421 g/mol. The number of benzene rings is 2. The number of rotatable bonds is 6.